The Bertz CT molecular complexity index is 1390. The van der Waals surface area contributed by atoms with Crippen LogP contribution in [-0.4, -0.2) is 40.6 Å². The number of carbonyl (C=O) groups is 1. The minimum Gasteiger partial charge on any atom is -0.322 e. The van der Waals surface area contributed by atoms with Crippen LogP contribution in [0.4, 0.5) is 5.69 Å². The summed E-state index contributed by atoms with van der Waals surface area (Å²) in [5.41, 5.74) is 6.30. The maximum atomic E-state index is 13.6. The van der Waals surface area contributed by atoms with Gasteiger partial charge in [0.25, 0.3) is 5.91 Å². The fourth-order valence-electron chi connectivity index (χ4n) is 5.41. The first kappa shape index (κ1) is 20.8. The van der Waals surface area contributed by atoms with Crippen LogP contribution < -0.4 is 5.32 Å². The largest absolute Gasteiger partial charge is 0.322 e. The van der Waals surface area contributed by atoms with Crippen molar-refractivity contribution in [1.82, 2.24) is 14.8 Å². The number of pyridine rings is 1. The highest BCUT2D eigenvalue weighted by atomic mass is 32.2. The number of anilines is 1. The van der Waals surface area contributed by atoms with Gasteiger partial charge in [0, 0.05) is 17.3 Å². The number of rotatable bonds is 4. The van der Waals surface area contributed by atoms with Gasteiger partial charge in [-0.15, -0.1) is 0 Å². The average molecular weight is 465 g/mol. The van der Waals surface area contributed by atoms with Crippen molar-refractivity contribution in [1.29, 1.82) is 0 Å². The van der Waals surface area contributed by atoms with Gasteiger partial charge in [-0.3, -0.25) is 4.79 Å². The zero-order valence-corrected chi connectivity index (χ0v) is 19.6. The molecule has 3 aromatic rings. The van der Waals surface area contributed by atoms with E-state index in [-0.39, 0.29) is 23.5 Å². The Morgan fingerprint density at radius 1 is 1.15 bits per heavy atom. The van der Waals surface area contributed by atoms with Crippen LogP contribution in [-0.2, 0) is 22.7 Å². The molecule has 7 nitrogen and oxygen atoms in total. The number of amides is 1. The fraction of sp³-hybridized carbons (Fsp3) is 0.480. The average Bonchev–Trinajstić information content (AvgIpc) is 3.52. The molecule has 0 unspecified atom stereocenters. The van der Waals surface area contributed by atoms with E-state index >= 15 is 0 Å². The highest BCUT2D eigenvalue weighted by Gasteiger charge is 2.34. The van der Waals surface area contributed by atoms with Crippen LogP contribution in [0.25, 0.3) is 11.0 Å². The monoisotopic (exact) mass is 464 g/mol. The summed E-state index contributed by atoms with van der Waals surface area (Å²) in [7, 11) is -3.06. The quantitative estimate of drug-likeness (QED) is 0.627. The van der Waals surface area contributed by atoms with Crippen LogP contribution in [0.3, 0.4) is 0 Å². The molecule has 0 bridgehead atoms. The van der Waals surface area contributed by atoms with Crippen LogP contribution in [0.15, 0.2) is 24.3 Å². The van der Waals surface area contributed by atoms with E-state index in [1.165, 1.54) is 17.5 Å². The van der Waals surface area contributed by atoms with E-state index in [9.17, 15) is 13.2 Å². The van der Waals surface area contributed by atoms with E-state index in [0.717, 1.165) is 48.9 Å². The van der Waals surface area contributed by atoms with Crippen molar-refractivity contribution in [2.75, 3.05) is 16.8 Å². The number of aromatic nitrogens is 3. The van der Waals surface area contributed by atoms with Gasteiger partial charge in [0.15, 0.2) is 15.5 Å². The summed E-state index contributed by atoms with van der Waals surface area (Å²) in [4.78, 5) is 18.5. The van der Waals surface area contributed by atoms with Crippen LogP contribution in [0, 0.1) is 6.92 Å². The van der Waals surface area contributed by atoms with Crippen molar-refractivity contribution in [3.63, 3.8) is 0 Å². The standard InChI is InChI=1S/C25H28N4O3S/c1-15-23-20(25(30)27-21-8-4-6-16-5-2-3-7-19(16)21)13-22(17-9-10-17)26-24(23)29(28-15)18-11-12-33(31,32)14-18/h4,6,8,13,17-18H,2-3,5,7,9-12,14H2,1H3,(H,27,30)/t18-/m0/s1. The van der Waals surface area contributed by atoms with Gasteiger partial charge in [-0.2, -0.15) is 5.10 Å². The number of sulfone groups is 1. The maximum Gasteiger partial charge on any atom is 0.256 e. The topological polar surface area (TPSA) is 93.9 Å². The molecule has 2 aromatic heterocycles. The fourth-order valence-corrected chi connectivity index (χ4v) is 7.10. The molecule has 3 heterocycles. The molecule has 2 fully saturated rings. The Morgan fingerprint density at radius 2 is 1.97 bits per heavy atom. The molecule has 1 atom stereocenters. The van der Waals surface area contributed by atoms with Gasteiger partial charge in [0.1, 0.15) is 0 Å². The molecule has 0 spiro atoms. The molecular weight excluding hydrogens is 436 g/mol. The van der Waals surface area contributed by atoms with Crippen molar-refractivity contribution < 1.29 is 13.2 Å². The summed E-state index contributed by atoms with van der Waals surface area (Å²) >= 11 is 0. The van der Waals surface area contributed by atoms with E-state index in [0.29, 0.717) is 29.2 Å². The van der Waals surface area contributed by atoms with Crippen LogP contribution in [0.5, 0.6) is 0 Å². The van der Waals surface area contributed by atoms with E-state index < -0.39 is 9.84 Å². The normalized spacial score (nSPS) is 21.8. The number of nitrogens with one attached hydrogen (secondary N) is 1. The highest BCUT2D eigenvalue weighted by molar-refractivity contribution is 7.91. The Hall–Kier alpha value is -2.74. The Balaban J connectivity index is 1.44. The highest BCUT2D eigenvalue weighted by Crippen LogP contribution is 2.41. The van der Waals surface area contributed by atoms with E-state index in [2.05, 4.69) is 16.5 Å². The van der Waals surface area contributed by atoms with Gasteiger partial charge in [-0.25, -0.2) is 18.1 Å². The Morgan fingerprint density at radius 3 is 2.73 bits per heavy atom. The van der Waals surface area contributed by atoms with Gasteiger partial charge < -0.3 is 5.32 Å². The lowest BCUT2D eigenvalue weighted by Gasteiger charge is -2.20. The number of benzene rings is 1. The van der Waals surface area contributed by atoms with Crippen molar-refractivity contribution in [2.24, 2.45) is 0 Å². The first-order chi connectivity index (χ1) is 15.9. The Kier molecular flexibility index (Phi) is 4.83. The Labute approximate surface area is 193 Å². The molecule has 1 saturated carbocycles. The van der Waals surface area contributed by atoms with Crippen molar-refractivity contribution in [3.8, 4) is 0 Å². The van der Waals surface area contributed by atoms with Crippen molar-refractivity contribution >= 4 is 32.5 Å². The smallest absolute Gasteiger partial charge is 0.256 e. The molecular formula is C25H28N4O3S. The van der Waals surface area contributed by atoms with Crippen LogP contribution in [0.1, 0.15) is 76.9 Å². The SMILES string of the molecule is Cc1nn([C@H]2CCS(=O)(=O)C2)c2nc(C3CC3)cc(C(=O)Nc3cccc4c3CCCC4)c12. The third-order valence-corrected chi connectivity index (χ3v) is 9.05. The second-order valence-corrected chi connectivity index (χ2v) is 12.0. The predicted octanol–water partition coefficient (Wildman–Crippen LogP) is 4.11. The van der Waals surface area contributed by atoms with E-state index in [1.54, 1.807) is 4.68 Å². The molecule has 1 N–H and O–H groups in total. The van der Waals surface area contributed by atoms with Gasteiger partial charge in [-0.1, -0.05) is 12.1 Å². The van der Waals surface area contributed by atoms with Gasteiger partial charge in [0.2, 0.25) is 0 Å². The number of hydrogen-bond acceptors (Lipinski definition) is 5. The van der Waals surface area contributed by atoms with Crippen molar-refractivity contribution in [3.05, 3.63) is 52.3 Å². The molecule has 172 valence electrons. The maximum absolute atomic E-state index is 13.6. The predicted molar refractivity (Wildman–Crippen MR) is 128 cm³/mol. The van der Waals surface area contributed by atoms with Crippen molar-refractivity contribution in [2.45, 2.75) is 63.8 Å². The molecule has 6 rings (SSSR count). The molecule has 1 aromatic carbocycles. The summed E-state index contributed by atoms with van der Waals surface area (Å²) in [6.07, 6.45) is 7.04. The van der Waals surface area contributed by atoms with E-state index in [4.69, 9.17) is 4.98 Å². The number of fused-ring (bicyclic) bond motifs is 2. The number of carbonyl (C=O) groups excluding carboxylic acids is 1. The molecule has 33 heavy (non-hydrogen) atoms. The summed E-state index contributed by atoms with van der Waals surface area (Å²) in [5, 5.41) is 8.60. The molecule has 1 aliphatic heterocycles. The molecule has 0 radical (unpaired) electrons. The lowest BCUT2D eigenvalue weighted by molar-refractivity contribution is 0.102. The summed E-state index contributed by atoms with van der Waals surface area (Å²) in [6.45, 7) is 1.88. The third kappa shape index (κ3) is 3.74. The van der Waals surface area contributed by atoms with Gasteiger partial charge in [0.05, 0.1) is 34.2 Å². The zero-order valence-electron chi connectivity index (χ0n) is 18.8. The molecule has 8 heteroatoms. The van der Waals surface area contributed by atoms with Crippen LogP contribution in [0.2, 0.25) is 0 Å². The van der Waals surface area contributed by atoms with E-state index in [1.807, 2.05) is 25.1 Å². The third-order valence-electron chi connectivity index (χ3n) is 7.30. The molecule has 1 amide bonds. The second kappa shape index (κ2) is 7.65. The summed E-state index contributed by atoms with van der Waals surface area (Å²) in [6, 6.07) is 7.85. The molecule has 3 aliphatic rings. The lowest BCUT2D eigenvalue weighted by Crippen LogP contribution is -2.17. The first-order valence-electron chi connectivity index (χ1n) is 11.9. The molecule has 2 aliphatic carbocycles. The lowest BCUT2D eigenvalue weighted by atomic mass is 9.90. The minimum absolute atomic E-state index is 0.0796. The summed E-state index contributed by atoms with van der Waals surface area (Å²) < 4.78 is 26.0. The van der Waals surface area contributed by atoms with Gasteiger partial charge in [-0.05, 0) is 75.1 Å². The second-order valence-electron chi connectivity index (χ2n) is 9.76. The number of aryl methyl sites for hydroxylation is 2. The van der Waals surface area contributed by atoms with Gasteiger partial charge >= 0.3 is 0 Å². The van der Waals surface area contributed by atoms with Crippen LogP contribution >= 0.6 is 0 Å². The zero-order chi connectivity index (χ0) is 22.7. The first-order valence-corrected chi connectivity index (χ1v) is 13.7. The summed E-state index contributed by atoms with van der Waals surface area (Å²) in [5.74, 6) is 0.467. The minimum atomic E-state index is -3.06. The number of nitrogens with zero attached hydrogens (tertiary/aromatic N) is 3. The molecule has 1 saturated heterocycles. The number of hydrogen-bond donors (Lipinski definition) is 1.